The summed E-state index contributed by atoms with van der Waals surface area (Å²) in [5.41, 5.74) is 1.77. The standard InChI is InChI=1S/C11H17NO/c1-6-7-10(8-9(2)3)11(13)12(4)5/h6-8H,1H2,2-5H3. The van der Waals surface area contributed by atoms with Crippen LogP contribution in [0.2, 0.25) is 0 Å². The van der Waals surface area contributed by atoms with Crippen molar-refractivity contribution in [2.24, 2.45) is 0 Å². The van der Waals surface area contributed by atoms with Gasteiger partial charge in [-0.2, -0.15) is 0 Å². The lowest BCUT2D eigenvalue weighted by atomic mass is 10.1. The number of allylic oxidation sites excluding steroid dienone is 3. The van der Waals surface area contributed by atoms with Gasteiger partial charge < -0.3 is 4.90 Å². The number of carbonyl (C=O) groups excluding carboxylic acids is 1. The van der Waals surface area contributed by atoms with E-state index in [1.54, 1.807) is 31.1 Å². The zero-order valence-electron chi connectivity index (χ0n) is 8.79. The summed E-state index contributed by atoms with van der Waals surface area (Å²) in [5, 5.41) is 0. The second-order valence-corrected chi connectivity index (χ2v) is 3.28. The molecule has 0 aliphatic rings. The van der Waals surface area contributed by atoms with Gasteiger partial charge in [-0.05, 0) is 13.8 Å². The van der Waals surface area contributed by atoms with Gasteiger partial charge in [0.25, 0.3) is 5.91 Å². The molecule has 0 aromatic carbocycles. The fraction of sp³-hybridized carbons (Fsp3) is 0.364. The van der Waals surface area contributed by atoms with Crippen LogP contribution in [0.15, 0.2) is 36.0 Å². The molecule has 0 radical (unpaired) electrons. The van der Waals surface area contributed by atoms with Crippen molar-refractivity contribution in [3.05, 3.63) is 36.0 Å². The van der Waals surface area contributed by atoms with Crippen molar-refractivity contribution in [3.8, 4) is 0 Å². The molecular weight excluding hydrogens is 162 g/mol. The molecule has 0 aliphatic carbocycles. The molecule has 2 heteroatoms. The normalized spacial score (nSPS) is 10.6. The fourth-order valence-electron chi connectivity index (χ4n) is 0.877. The number of hydrogen-bond donors (Lipinski definition) is 0. The second-order valence-electron chi connectivity index (χ2n) is 3.28. The van der Waals surface area contributed by atoms with Crippen LogP contribution in [0, 0.1) is 0 Å². The Kier molecular flexibility index (Phi) is 4.82. The molecule has 0 spiro atoms. The van der Waals surface area contributed by atoms with E-state index in [1.165, 1.54) is 0 Å². The van der Waals surface area contributed by atoms with Crippen LogP contribution in [0.3, 0.4) is 0 Å². The molecule has 0 fully saturated rings. The Balaban J connectivity index is 4.84. The van der Waals surface area contributed by atoms with E-state index >= 15 is 0 Å². The van der Waals surface area contributed by atoms with Crippen LogP contribution in [0.1, 0.15) is 13.8 Å². The first-order valence-electron chi connectivity index (χ1n) is 4.18. The number of nitrogens with zero attached hydrogens (tertiary/aromatic N) is 1. The summed E-state index contributed by atoms with van der Waals surface area (Å²) >= 11 is 0. The van der Waals surface area contributed by atoms with Crippen molar-refractivity contribution >= 4 is 5.91 Å². The average molecular weight is 179 g/mol. The monoisotopic (exact) mass is 179 g/mol. The van der Waals surface area contributed by atoms with Gasteiger partial charge in [0, 0.05) is 19.7 Å². The second kappa shape index (κ2) is 5.36. The Labute approximate surface area is 80.2 Å². The van der Waals surface area contributed by atoms with Gasteiger partial charge in [0.05, 0.1) is 0 Å². The predicted octanol–water partition coefficient (Wildman–Crippen LogP) is 2.15. The lowest BCUT2D eigenvalue weighted by Gasteiger charge is -2.10. The topological polar surface area (TPSA) is 20.3 Å². The predicted molar refractivity (Wildman–Crippen MR) is 56.4 cm³/mol. The summed E-state index contributed by atoms with van der Waals surface area (Å²) in [6, 6.07) is 0. The van der Waals surface area contributed by atoms with Crippen molar-refractivity contribution in [2.75, 3.05) is 14.1 Å². The lowest BCUT2D eigenvalue weighted by molar-refractivity contribution is -0.124. The molecule has 0 aliphatic heterocycles. The third kappa shape index (κ3) is 4.31. The highest BCUT2D eigenvalue weighted by Crippen LogP contribution is 2.05. The molecule has 0 unspecified atom stereocenters. The van der Waals surface area contributed by atoms with Gasteiger partial charge in [0.2, 0.25) is 0 Å². The molecule has 13 heavy (non-hydrogen) atoms. The maximum atomic E-state index is 11.5. The molecule has 0 saturated heterocycles. The van der Waals surface area contributed by atoms with Crippen LogP contribution < -0.4 is 0 Å². The quantitative estimate of drug-likeness (QED) is 0.480. The highest BCUT2D eigenvalue weighted by atomic mass is 16.2. The van der Waals surface area contributed by atoms with E-state index in [4.69, 9.17) is 0 Å². The molecular formula is C11H17NO. The molecule has 0 saturated carbocycles. The summed E-state index contributed by atoms with van der Waals surface area (Å²) in [7, 11) is 3.47. The first kappa shape index (κ1) is 11.7. The van der Waals surface area contributed by atoms with Crippen LogP contribution in [0.4, 0.5) is 0 Å². The largest absolute Gasteiger partial charge is 0.345 e. The highest BCUT2D eigenvalue weighted by Gasteiger charge is 2.07. The van der Waals surface area contributed by atoms with E-state index in [0.29, 0.717) is 5.57 Å². The summed E-state index contributed by atoms with van der Waals surface area (Å²) < 4.78 is 0. The molecule has 0 aromatic heterocycles. The Morgan fingerprint density at radius 2 is 1.85 bits per heavy atom. The van der Waals surface area contributed by atoms with Crippen molar-refractivity contribution in [2.45, 2.75) is 13.8 Å². The number of likely N-dealkylation sites (N-methyl/N-ethyl adjacent to an activating group) is 1. The SMILES string of the molecule is C=CC=C(C=C(C)C)C(=O)N(C)C. The highest BCUT2D eigenvalue weighted by molar-refractivity contribution is 5.96. The van der Waals surface area contributed by atoms with Gasteiger partial charge in [-0.25, -0.2) is 0 Å². The zero-order chi connectivity index (χ0) is 10.4. The van der Waals surface area contributed by atoms with E-state index in [0.717, 1.165) is 5.57 Å². The maximum Gasteiger partial charge on any atom is 0.253 e. The average Bonchev–Trinajstić information content (AvgIpc) is 2.01. The van der Waals surface area contributed by atoms with Crippen LogP contribution in [0.25, 0.3) is 0 Å². The Bertz CT molecular complexity index is 255. The molecule has 0 heterocycles. The third-order valence-corrected chi connectivity index (χ3v) is 1.39. The molecule has 0 aromatic rings. The molecule has 0 N–H and O–H groups in total. The maximum absolute atomic E-state index is 11.5. The van der Waals surface area contributed by atoms with Gasteiger partial charge in [0.15, 0.2) is 0 Å². The van der Waals surface area contributed by atoms with Crippen LogP contribution in [0.5, 0.6) is 0 Å². The van der Waals surface area contributed by atoms with Crippen LogP contribution >= 0.6 is 0 Å². The third-order valence-electron chi connectivity index (χ3n) is 1.39. The summed E-state index contributed by atoms with van der Waals surface area (Å²) in [6.07, 6.45) is 5.19. The minimum Gasteiger partial charge on any atom is -0.345 e. The minimum atomic E-state index is 0.00102. The molecule has 1 amide bonds. The summed E-state index contributed by atoms with van der Waals surface area (Å²) in [4.78, 5) is 13.1. The molecule has 2 nitrogen and oxygen atoms in total. The van der Waals surface area contributed by atoms with Crippen molar-refractivity contribution in [1.82, 2.24) is 4.90 Å². The minimum absolute atomic E-state index is 0.00102. The first-order valence-corrected chi connectivity index (χ1v) is 4.18. The van der Waals surface area contributed by atoms with E-state index in [9.17, 15) is 4.79 Å². The molecule has 0 bridgehead atoms. The van der Waals surface area contributed by atoms with Crippen molar-refractivity contribution < 1.29 is 4.79 Å². The zero-order valence-corrected chi connectivity index (χ0v) is 8.79. The number of hydrogen-bond acceptors (Lipinski definition) is 1. The van der Waals surface area contributed by atoms with E-state index in [-0.39, 0.29) is 5.91 Å². The van der Waals surface area contributed by atoms with Crippen LogP contribution in [-0.4, -0.2) is 24.9 Å². The van der Waals surface area contributed by atoms with Crippen LogP contribution in [-0.2, 0) is 4.79 Å². The smallest absolute Gasteiger partial charge is 0.253 e. The van der Waals surface area contributed by atoms with E-state index in [2.05, 4.69) is 6.58 Å². The van der Waals surface area contributed by atoms with E-state index < -0.39 is 0 Å². The number of rotatable bonds is 3. The molecule has 0 atom stereocenters. The summed E-state index contributed by atoms with van der Waals surface area (Å²) in [5.74, 6) is 0.00102. The van der Waals surface area contributed by atoms with Crippen molar-refractivity contribution in [3.63, 3.8) is 0 Å². The van der Waals surface area contributed by atoms with Gasteiger partial charge in [-0.15, -0.1) is 0 Å². The van der Waals surface area contributed by atoms with Crippen molar-refractivity contribution in [1.29, 1.82) is 0 Å². The number of amides is 1. The van der Waals surface area contributed by atoms with Gasteiger partial charge >= 0.3 is 0 Å². The Morgan fingerprint density at radius 3 is 2.15 bits per heavy atom. The fourth-order valence-corrected chi connectivity index (χ4v) is 0.877. The van der Waals surface area contributed by atoms with Gasteiger partial charge in [0.1, 0.15) is 0 Å². The molecule has 72 valence electrons. The van der Waals surface area contributed by atoms with Gasteiger partial charge in [-0.1, -0.05) is 30.4 Å². The Hall–Kier alpha value is -1.31. The first-order chi connectivity index (χ1) is 5.99. The number of carbonyl (C=O) groups is 1. The van der Waals surface area contributed by atoms with Gasteiger partial charge in [-0.3, -0.25) is 4.79 Å². The molecule has 0 rings (SSSR count). The van der Waals surface area contributed by atoms with E-state index in [1.807, 2.05) is 19.9 Å². The lowest BCUT2D eigenvalue weighted by Crippen LogP contribution is -2.22. The summed E-state index contributed by atoms with van der Waals surface area (Å²) in [6.45, 7) is 7.49. The Morgan fingerprint density at radius 1 is 1.31 bits per heavy atom.